The van der Waals surface area contributed by atoms with Crippen molar-refractivity contribution in [2.75, 3.05) is 6.54 Å². The van der Waals surface area contributed by atoms with E-state index in [4.69, 9.17) is 12.2 Å². The van der Waals surface area contributed by atoms with Gasteiger partial charge in [0.2, 0.25) is 0 Å². The minimum atomic E-state index is -0.115. The average Bonchev–Trinajstić information content (AvgIpc) is 2.97. The van der Waals surface area contributed by atoms with Crippen molar-refractivity contribution in [3.63, 3.8) is 0 Å². The molecule has 0 saturated carbocycles. The molecule has 1 atom stereocenters. The average molecular weight is 299 g/mol. The second-order valence-electron chi connectivity index (χ2n) is 5.75. The standard InChI is InChI=1S/C16H17N3OS/c1-2-7-18-15(20)14-8-11-10-5-3-4-6-12(10)17-13(11)9-19(14)16(18)21/h3-6,14,17H,2,7-9H2,1H3/t14-/m1/s1. The summed E-state index contributed by atoms with van der Waals surface area (Å²) in [5, 5.41) is 1.93. The predicted octanol–water partition coefficient (Wildman–Crippen LogP) is 2.43. The van der Waals surface area contributed by atoms with Gasteiger partial charge in [-0.3, -0.25) is 9.69 Å². The van der Waals surface area contributed by atoms with Crippen LogP contribution in [0.3, 0.4) is 0 Å². The first-order valence-corrected chi connectivity index (χ1v) is 7.82. The number of carbonyl (C=O) groups excluding carboxylic acids is 1. The van der Waals surface area contributed by atoms with Gasteiger partial charge in [-0.25, -0.2) is 0 Å². The molecule has 5 heteroatoms. The molecule has 0 unspecified atom stereocenters. The number of thiocarbonyl (C=S) groups is 1. The number of amides is 1. The number of nitrogens with zero attached hydrogens (tertiary/aromatic N) is 2. The molecule has 2 aliphatic rings. The highest BCUT2D eigenvalue weighted by Crippen LogP contribution is 2.34. The van der Waals surface area contributed by atoms with Crippen LogP contribution in [-0.4, -0.2) is 38.4 Å². The number of para-hydroxylation sites is 1. The Balaban J connectivity index is 1.76. The Bertz CT molecular complexity index is 751. The number of carbonyl (C=O) groups is 1. The summed E-state index contributed by atoms with van der Waals surface area (Å²) in [6, 6.07) is 8.18. The van der Waals surface area contributed by atoms with E-state index < -0.39 is 0 Å². The molecule has 0 radical (unpaired) electrons. The zero-order valence-electron chi connectivity index (χ0n) is 11.9. The third-order valence-corrected chi connectivity index (χ3v) is 4.93. The number of benzene rings is 1. The Morgan fingerprint density at radius 2 is 2.19 bits per heavy atom. The predicted molar refractivity (Wildman–Crippen MR) is 85.9 cm³/mol. The lowest BCUT2D eigenvalue weighted by atomic mass is 9.97. The van der Waals surface area contributed by atoms with Gasteiger partial charge in [0.25, 0.3) is 5.91 Å². The van der Waals surface area contributed by atoms with Gasteiger partial charge in [-0.2, -0.15) is 0 Å². The number of fused-ring (bicyclic) bond motifs is 4. The van der Waals surface area contributed by atoms with E-state index in [2.05, 4.69) is 28.9 Å². The number of aromatic nitrogens is 1. The van der Waals surface area contributed by atoms with Gasteiger partial charge in [-0.05, 0) is 30.3 Å². The van der Waals surface area contributed by atoms with E-state index in [1.165, 1.54) is 16.6 Å². The van der Waals surface area contributed by atoms with Gasteiger partial charge in [0.15, 0.2) is 5.11 Å². The van der Waals surface area contributed by atoms with Gasteiger partial charge in [-0.1, -0.05) is 25.1 Å². The largest absolute Gasteiger partial charge is 0.357 e. The van der Waals surface area contributed by atoms with Crippen LogP contribution in [0.15, 0.2) is 24.3 Å². The smallest absolute Gasteiger partial charge is 0.251 e. The minimum Gasteiger partial charge on any atom is -0.357 e. The van der Waals surface area contributed by atoms with E-state index in [9.17, 15) is 4.79 Å². The molecule has 1 aromatic heterocycles. The molecule has 108 valence electrons. The number of hydrogen-bond acceptors (Lipinski definition) is 2. The van der Waals surface area contributed by atoms with Gasteiger partial charge in [0, 0.05) is 29.6 Å². The molecule has 2 aliphatic heterocycles. The number of hydrogen-bond donors (Lipinski definition) is 1. The molecule has 3 heterocycles. The highest BCUT2D eigenvalue weighted by atomic mass is 32.1. The van der Waals surface area contributed by atoms with Crippen molar-refractivity contribution in [3.05, 3.63) is 35.5 Å². The zero-order chi connectivity index (χ0) is 14.6. The van der Waals surface area contributed by atoms with Crippen molar-refractivity contribution in [3.8, 4) is 0 Å². The van der Waals surface area contributed by atoms with E-state index in [0.29, 0.717) is 11.7 Å². The summed E-state index contributed by atoms with van der Waals surface area (Å²) in [6.45, 7) is 3.50. The summed E-state index contributed by atoms with van der Waals surface area (Å²) in [5.74, 6) is 0.165. The molecule has 4 nitrogen and oxygen atoms in total. The van der Waals surface area contributed by atoms with Crippen molar-refractivity contribution in [2.24, 2.45) is 0 Å². The number of nitrogens with one attached hydrogen (secondary N) is 1. The first-order chi connectivity index (χ1) is 10.2. The van der Waals surface area contributed by atoms with Gasteiger partial charge < -0.3 is 9.88 Å². The summed E-state index contributed by atoms with van der Waals surface area (Å²) in [7, 11) is 0. The van der Waals surface area contributed by atoms with E-state index in [-0.39, 0.29) is 11.9 Å². The van der Waals surface area contributed by atoms with E-state index in [1.807, 2.05) is 12.1 Å². The van der Waals surface area contributed by atoms with Crippen LogP contribution in [0.5, 0.6) is 0 Å². The minimum absolute atomic E-state index is 0.115. The maximum absolute atomic E-state index is 12.6. The summed E-state index contributed by atoms with van der Waals surface area (Å²) in [6.07, 6.45) is 1.68. The van der Waals surface area contributed by atoms with E-state index in [0.717, 1.165) is 24.9 Å². The van der Waals surface area contributed by atoms with Crippen LogP contribution >= 0.6 is 12.2 Å². The van der Waals surface area contributed by atoms with Crippen LogP contribution in [0.1, 0.15) is 24.6 Å². The quantitative estimate of drug-likeness (QED) is 0.866. The lowest BCUT2D eigenvalue weighted by Crippen LogP contribution is -2.39. The van der Waals surface area contributed by atoms with Crippen molar-refractivity contribution in [2.45, 2.75) is 32.4 Å². The van der Waals surface area contributed by atoms with Crippen molar-refractivity contribution >= 4 is 34.1 Å². The van der Waals surface area contributed by atoms with E-state index in [1.54, 1.807) is 4.90 Å². The van der Waals surface area contributed by atoms with Crippen molar-refractivity contribution in [1.82, 2.24) is 14.8 Å². The Labute approximate surface area is 128 Å². The zero-order valence-corrected chi connectivity index (χ0v) is 12.7. The fourth-order valence-corrected chi connectivity index (χ4v) is 3.86. The molecule has 1 saturated heterocycles. The molecule has 21 heavy (non-hydrogen) atoms. The van der Waals surface area contributed by atoms with Crippen molar-refractivity contribution in [1.29, 1.82) is 0 Å². The van der Waals surface area contributed by atoms with Gasteiger partial charge in [-0.15, -0.1) is 0 Å². The Hall–Kier alpha value is -1.88. The molecular weight excluding hydrogens is 282 g/mol. The lowest BCUT2D eigenvalue weighted by Gasteiger charge is -2.28. The summed E-state index contributed by atoms with van der Waals surface area (Å²) in [5.41, 5.74) is 3.62. The maximum Gasteiger partial charge on any atom is 0.251 e. The lowest BCUT2D eigenvalue weighted by molar-refractivity contribution is -0.128. The summed E-state index contributed by atoms with van der Waals surface area (Å²) < 4.78 is 0. The molecule has 2 aromatic rings. The second-order valence-corrected chi connectivity index (χ2v) is 6.11. The van der Waals surface area contributed by atoms with Crippen LogP contribution < -0.4 is 0 Å². The topological polar surface area (TPSA) is 39.3 Å². The highest BCUT2D eigenvalue weighted by Gasteiger charge is 2.45. The SMILES string of the molecule is CCCN1C(=O)[C@H]2Cc3c([nH]c4ccccc34)CN2C1=S. The summed E-state index contributed by atoms with van der Waals surface area (Å²) >= 11 is 5.51. The van der Waals surface area contributed by atoms with Crippen LogP contribution in [0.2, 0.25) is 0 Å². The monoisotopic (exact) mass is 299 g/mol. The molecule has 0 bridgehead atoms. The molecule has 4 rings (SSSR count). The number of rotatable bonds is 2. The molecular formula is C16H17N3OS. The number of H-pyrrole nitrogens is 1. The Morgan fingerprint density at radius 3 is 3.00 bits per heavy atom. The fraction of sp³-hybridized carbons (Fsp3) is 0.375. The molecule has 0 aliphatic carbocycles. The van der Waals surface area contributed by atoms with Crippen molar-refractivity contribution < 1.29 is 4.79 Å². The molecule has 1 amide bonds. The van der Waals surface area contributed by atoms with Gasteiger partial charge >= 0.3 is 0 Å². The van der Waals surface area contributed by atoms with E-state index >= 15 is 0 Å². The van der Waals surface area contributed by atoms with Crippen LogP contribution in [0.4, 0.5) is 0 Å². The fourth-order valence-electron chi connectivity index (χ4n) is 3.49. The molecule has 1 aromatic carbocycles. The van der Waals surface area contributed by atoms with Crippen LogP contribution in [0.25, 0.3) is 10.9 Å². The summed E-state index contributed by atoms with van der Waals surface area (Å²) in [4.78, 5) is 19.9. The normalized spacial score (nSPS) is 21.1. The maximum atomic E-state index is 12.6. The third-order valence-electron chi connectivity index (χ3n) is 4.48. The number of aromatic amines is 1. The molecule has 1 N–H and O–H groups in total. The molecule has 0 spiro atoms. The highest BCUT2D eigenvalue weighted by molar-refractivity contribution is 7.80. The van der Waals surface area contributed by atoms with Crippen LogP contribution in [0, 0.1) is 0 Å². The van der Waals surface area contributed by atoms with Gasteiger partial charge in [0.1, 0.15) is 6.04 Å². The Kier molecular flexibility index (Phi) is 2.79. The van der Waals surface area contributed by atoms with Crippen LogP contribution in [-0.2, 0) is 17.8 Å². The third kappa shape index (κ3) is 1.73. The first-order valence-electron chi connectivity index (χ1n) is 7.41. The Morgan fingerprint density at radius 1 is 1.38 bits per heavy atom. The first kappa shape index (κ1) is 12.8. The second kappa shape index (κ2) is 4.56. The van der Waals surface area contributed by atoms with Gasteiger partial charge in [0.05, 0.1) is 6.54 Å². The molecule has 1 fully saturated rings.